The van der Waals surface area contributed by atoms with Crippen LogP contribution in [0.2, 0.25) is 0 Å². The van der Waals surface area contributed by atoms with Crippen LogP contribution in [0.4, 0.5) is 14.6 Å². The van der Waals surface area contributed by atoms with E-state index in [2.05, 4.69) is 10.3 Å². The summed E-state index contributed by atoms with van der Waals surface area (Å²) in [5.41, 5.74) is 0.960. The molecule has 1 aromatic carbocycles. The van der Waals surface area contributed by atoms with Crippen LogP contribution in [0.3, 0.4) is 0 Å². The van der Waals surface area contributed by atoms with Crippen molar-refractivity contribution in [2.45, 2.75) is 51.0 Å². The van der Waals surface area contributed by atoms with Gasteiger partial charge in [-0.1, -0.05) is 0 Å². The fourth-order valence-electron chi connectivity index (χ4n) is 4.45. The van der Waals surface area contributed by atoms with Gasteiger partial charge >= 0.3 is 0 Å². The lowest BCUT2D eigenvalue weighted by Gasteiger charge is -2.38. The lowest BCUT2D eigenvalue weighted by molar-refractivity contribution is -0.136. The summed E-state index contributed by atoms with van der Waals surface area (Å²) in [6.45, 7) is 0.839. The Labute approximate surface area is 174 Å². The van der Waals surface area contributed by atoms with E-state index in [1.54, 1.807) is 12.1 Å². The van der Waals surface area contributed by atoms with E-state index < -0.39 is 11.6 Å². The predicted octanol–water partition coefficient (Wildman–Crippen LogP) is 4.54. The average molecular weight is 413 g/mol. The van der Waals surface area contributed by atoms with Crippen molar-refractivity contribution < 1.29 is 18.4 Å². The number of halogens is 2. The van der Waals surface area contributed by atoms with Gasteiger partial charge in [-0.25, -0.2) is 13.8 Å². The lowest BCUT2D eigenvalue weighted by atomic mass is 9.84. The standard InChI is InChI=1S/C23H25F2N3O2/c24-18-11-17(12-19(25)13-18)16-6-9-21(26-14-16)27-23(30)15-4-7-20(8-5-15)28-10-2-1-3-22(28)29/h6,9,11-15,20H,1-5,7-8,10H2,(H,26,27,30)/t15-,20+. The molecule has 4 rings (SSSR count). The highest BCUT2D eigenvalue weighted by Gasteiger charge is 2.32. The highest BCUT2D eigenvalue weighted by Crippen LogP contribution is 2.30. The van der Waals surface area contributed by atoms with E-state index >= 15 is 0 Å². The van der Waals surface area contributed by atoms with Crippen molar-refractivity contribution in [1.82, 2.24) is 9.88 Å². The van der Waals surface area contributed by atoms with Gasteiger partial charge in [-0.05, 0) is 68.4 Å². The number of hydrogen-bond acceptors (Lipinski definition) is 3. The number of amides is 2. The summed E-state index contributed by atoms with van der Waals surface area (Å²) in [6, 6.07) is 6.87. The topological polar surface area (TPSA) is 62.3 Å². The van der Waals surface area contributed by atoms with Crippen LogP contribution in [0.25, 0.3) is 11.1 Å². The predicted molar refractivity (Wildman–Crippen MR) is 110 cm³/mol. The minimum Gasteiger partial charge on any atom is -0.340 e. The number of nitrogens with one attached hydrogen (secondary N) is 1. The first-order valence-corrected chi connectivity index (χ1v) is 10.5. The SMILES string of the molecule is O=C1CCCCN1[C@H]1CC[C@@H](C(=O)Nc2ccc(-c3cc(F)cc(F)c3)cn2)CC1. The molecule has 0 unspecified atom stereocenters. The van der Waals surface area contributed by atoms with Gasteiger partial charge in [0.05, 0.1) is 0 Å². The van der Waals surface area contributed by atoms with E-state index in [0.29, 0.717) is 23.4 Å². The van der Waals surface area contributed by atoms with Crippen LogP contribution >= 0.6 is 0 Å². The molecule has 2 heterocycles. The molecular formula is C23H25F2N3O2. The van der Waals surface area contributed by atoms with E-state index in [4.69, 9.17) is 0 Å². The van der Waals surface area contributed by atoms with Gasteiger partial charge in [0.15, 0.2) is 0 Å². The molecule has 158 valence electrons. The van der Waals surface area contributed by atoms with Crippen molar-refractivity contribution in [2.24, 2.45) is 5.92 Å². The molecule has 30 heavy (non-hydrogen) atoms. The van der Waals surface area contributed by atoms with Crippen molar-refractivity contribution in [1.29, 1.82) is 0 Å². The first-order valence-electron chi connectivity index (χ1n) is 10.5. The molecule has 1 aliphatic carbocycles. The van der Waals surface area contributed by atoms with E-state index in [9.17, 15) is 18.4 Å². The number of aromatic nitrogens is 1. The second-order valence-corrected chi connectivity index (χ2v) is 8.13. The number of likely N-dealkylation sites (tertiary alicyclic amines) is 1. The Bertz CT molecular complexity index is 904. The molecule has 0 atom stereocenters. The zero-order valence-corrected chi connectivity index (χ0v) is 16.7. The summed E-state index contributed by atoms with van der Waals surface area (Å²) in [6.07, 6.45) is 7.38. The largest absolute Gasteiger partial charge is 0.340 e. The van der Waals surface area contributed by atoms with E-state index in [-0.39, 0.29) is 23.8 Å². The van der Waals surface area contributed by atoms with Gasteiger partial charge in [-0.15, -0.1) is 0 Å². The third-order valence-electron chi connectivity index (χ3n) is 6.08. The zero-order valence-electron chi connectivity index (χ0n) is 16.7. The Morgan fingerprint density at radius 2 is 1.73 bits per heavy atom. The molecule has 5 nitrogen and oxygen atoms in total. The maximum Gasteiger partial charge on any atom is 0.228 e. The monoisotopic (exact) mass is 413 g/mol. The Morgan fingerprint density at radius 3 is 2.37 bits per heavy atom. The number of rotatable bonds is 4. The van der Waals surface area contributed by atoms with E-state index in [1.165, 1.54) is 18.3 Å². The molecule has 1 saturated carbocycles. The number of nitrogens with zero attached hydrogens (tertiary/aromatic N) is 2. The summed E-state index contributed by atoms with van der Waals surface area (Å²) in [5.74, 6) is -0.811. The quantitative estimate of drug-likeness (QED) is 0.801. The fourth-order valence-corrected chi connectivity index (χ4v) is 4.45. The van der Waals surface area contributed by atoms with Crippen LogP contribution in [-0.4, -0.2) is 34.3 Å². The maximum atomic E-state index is 13.4. The molecule has 2 aliphatic rings. The third-order valence-corrected chi connectivity index (χ3v) is 6.08. The molecule has 2 fully saturated rings. The van der Waals surface area contributed by atoms with Crippen LogP contribution in [0.5, 0.6) is 0 Å². The average Bonchev–Trinajstić information content (AvgIpc) is 2.74. The molecule has 1 N–H and O–H groups in total. The third kappa shape index (κ3) is 4.66. The van der Waals surface area contributed by atoms with Crippen molar-refractivity contribution in [3.8, 4) is 11.1 Å². The summed E-state index contributed by atoms with van der Waals surface area (Å²) in [4.78, 5) is 31.0. The highest BCUT2D eigenvalue weighted by molar-refractivity contribution is 5.91. The summed E-state index contributed by atoms with van der Waals surface area (Å²) >= 11 is 0. The first-order chi connectivity index (χ1) is 14.5. The molecule has 1 aliphatic heterocycles. The Kier molecular flexibility index (Phi) is 6.06. The molecule has 2 aromatic rings. The molecular weight excluding hydrogens is 388 g/mol. The van der Waals surface area contributed by atoms with Gasteiger partial charge in [0.2, 0.25) is 11.8 Å². The molecule has 7 heteroatoms. The zero-order chi connectivity index (χ0) is 21.1. The number of hydrogen-bond donors (Lipinski definition) is 1. The van der Waals surface area contributed by atoms with Crippen LogP contribution in [-0.2, 0) is 9.59 Å². The molecule has 0 spiro atoms. The molecule has 2 amide bonds. The van der Waals surface area contributed by atoms with Crippen molar-refractivity contribution in [3.63, 3.8) is 0 Å². The second-order valence-electron chi connectivity index (χ2n) is 8.13. The van der Waals surface area contributed by atoms with Gasteiger partial charge in [0, 0.05) is 42.8 Å². The second kappa shape index (κ2) is 8.90. The van der Waals surface area contributed by atoms with Crippen LogP contribution in [0, 0.1) is 17.6 Å². The minimum absolute atomic E-state index is 0.0736. The Morgan fingerprint density at radius 1 is 1.00 bits per heavy atom. The van der Waals surface area contributed by atoms with Gasteiger partial charge < -0.3 is 10.2 Å². The number of anilines is 1. The van der Waals surface area contributed by atoms with E-state index in [0.717, 1.165) is 51.1 Å². The maximum absolute atomic E-state index is 13.4. The van der Waals surface area contributed by atoms with Crippen molar-refractivity contribution in [3.05, 3.63) is 48.2 Å². The number of piperidine rings is 1. The van der Waals surface area contributed by atoms with Gasteiger partial charge in [-0.2, -0.15) is 0 Å². The lowest BCUT2D eigenvalue weighted by Crippen LogP contribution is -2.45. The summed E-state index contributed by atoms with van der Waals surface area (Å²) in [7, 11) is 0. The number of benzene rings is 1. The van der Waals surface area contributed by atoms with Crippen LogP contribution < -0.4 is 5.32 Å². The van der Waals surface area contributed by atoms with Crippen LogP contribution in [0.1, 0.15) is 44.9 Å². The normalized spacial score (nSPS) is 22.1. The molecule has 1 aromatic heterocycles. The molecule has 1 saturated heterocycles. The van der Waals surface area contributed by atoms with E-state index in [1.807, 2.05) is 4.90 Å². The summed E-state index contributed by atoms with van der Waals surface area (Å²) < 4.78 is 26.8. The van der Waals surface area contributed by atoms with Gasteiger partial charge in [0.25, 0.3) is 0 Å². The molecule has 0 bridgehead atoms. The highest BCUT2D eigenvalue weighted by atomic mass is 19.1. The number of pyridine rings is 1. The van der Waals surface area contributed by atoms with Gasteiger partial charge in [0.1, 0.15) is 17.5 Å². The first kappa shape index (κ1) is 20.4. The Hall–Kier alpha value is -2.83. The molecule has 0 radical (unpaired) electrons. The number of carbonyl (C=O) groups is 2. The van der Waals surface area contributed by atoms with Crippen LogP contribution in [0.15, 0.2) is 36.5 Å². The van der Waals surface area contributed by atoms with Crippen molar-refractivity contribution in [2.75, 3.05) is 11.9 Å². The minimum atomic E-state index is -0.649. The fraction of sp³-hybridized carbons (Fsp3) is 0.435. The smallest absolute Gasteiger partial charge is 0.228 e. The van der Waals surface area contributed by atoms with Crippen molar-refractivity contribution >= 4 is 17.6 Å². The summed E-state index contributed by atoms with van der Waals surface area (Å²) in [5, 5.41) is 2.84. The Balaban J connectivity index is 1.32. The van der Waals surface area contributed by atoms with Gasteiger partial charge in [-0.3, -0.25) is 9.59 Å². The number of carbonyl (C=O) groups excluding carboxylic acids is 2.